The highest BCUT2D eigenvalue weighted by Gasteiger charge is 2.51. The molecule has 1 aliphatic carbocycles. The fourth-order valence-electron chi connectivity index (χ4n) is 1.97. The summed E-state index contributed by atoms with van der Waals surface area (Å²) >= 11 is 0. The number of carboxylic acid groups (broad SMARTS) is 1. The van der Waals surface area contributed by atoms with E-state index in [-0.39, 0.29) is 5.56 Å². The summed E-state index contributed by atoms with van der Waals surface area (Å²) in [5.74, 6) is -2.41. The lowest BCUT2D eigenvalue weighted by molar-refractivity contribution is -0.150. The van der Waals surface area contributed by atoms with Gasteiger partial charge in [0.25, 0.3) is 0 Å². The highest BCUT2D eigenvalue weighted by atomic mass is 19.1. The third kappa shape index (κ3) is 1.41. The predicted molar refractivity (Wildman–Crippen MR) is 54.7 cm³/mol. The fourth-order valence-corrected chi connectivity index (χ4v) is 1.97. The molecule has 16 heavy (non-hydrogen) atoms. The second-order valence-corrected chi connectivity index (χ2v) is 4.05. The highest BCUT2D eigenvalue weighted by molar-refractivity contribution is 6.12. The Kier molecular flexibility index (Phi) is 2.50. The number of hydrogen-bond acceptors (Lipinski definition) is 2. The molecule has 0 aliphatic heterocycles. The second-order valence-electron chi connectivity index (χ2n) is 4.05. The molecule has 1 aromatic carbocycles. The Labute approximate surface area is 91.9 Å². The van der Waals surface area contributed by atoms with Gasteiger partial charge < -0.3 is 5.11 Å². The number of carbonyl (C=O) groups is 2. The third-order valence-corrected chi connectivity index (χ3v) is 3.17. The molecule has 4 heteroatoms. The summed E-state index contributed by atoms with van der Waals surface area (Å²) in [5.41, 5.74) is -1.51. The van der Waals surface area contributed by atoms with E-state index in [9.17, 15) is 14.0 Å². The summed E-state index contributed by atoms with van der Waals surface area (Å²) in [6.45, 7) is 0. The van der Waals surface area contributed by atoms with E-state index in [0.29, 0.717) is 19.3 Å². The van der Waals surface area contributed by atoms with Gasteiger partial charge in [-0.25, -0.2) is 4.39 Å². The van der Waals surface area contributed by atoms with Crippen molar-refractivity contribution < 1.29 is 19.1 Å². The van der Waals surface area contributed by atoms with Crippen LogP contribution in [0.2, 0.25) is 0 Å². The minimum atomic E-state index is -1.39. The maximum Gasteiger partial charge on any atom is 0.317 e. The van der Waals surface area contributed by atoms with Crippen molar-refractivity contribution in [3.63, 3.8) is 0 Å². The zero-order valence-electron chi connectivity index (χ0n) is 8.57. The highest BCUT2D eigenvalue weighted by Crippen LogP contribution is 2.44. The van der Waals surface area contributed by atoms with Crippen molar-refractivity contribution >= 4 is 11.8 Å². The maximum absolute atomic E-state index is 13.4. The second kappa shape index (κ2) is 3.70. The normalized spacial score (nSPS) is 17.6. The number of halogens is 1. The molecule has 0 radical (unpaired) electrons. The molecule has 1 aromatic rings. The first-order chi connectivity index (χ1) is 7.58. The maximum atomic E-state index is 13.4. The molecule has 0 atom stereocenters. The third-order valence-electron chi connectivity index (χ3n) is 3.17. The Bertz CT molecular complexity index is 449. The zero-order chi connectivity index (χ0) is 11.8. The van der Waals surface area contributed by atoms with Gasteiger partial charge in [-0.05, 0) is 25.0 Å². The monoisotopic (exact) mass is 222 g/mol. The van der Waals surface area contributed by atoms with Crippen LogP contribution in [-0.4, -0.2) is 16.9 Å². The molecule has 1 fully saturated rings. The molecular weight excluding hydrogens is 211 g/mol. The van der Waals surface area contributed by atoms with E-state index in [1.165, 1.54) is 24.3 Å². The molecule has 0 heterocycles. The van der Waals surface area contributed by atoms with Crippen LogP contribution in [0.3, 0.4) is 0 Å². The van der Waals surface area contributed by atoms with E-state index in [4.69, 9.17) is 5.11 Å². The van der Waals surface area contributed by atoms with E-state index < -0.39 is 23.0 Å². The molecule has 1 N–H and O–H groups in total. The Morgan fingerprint density at radius 1 is 1.25 bits per heavy atom. The number of aliphatic carboxylic acids is 1. The van der Waals surface area contributed by atoms with E-state index in [0.717, 1.165) is 0 Å². The van der Waals surface area contributed by atoms with Crippen LogP contribution in [0.4, 0.5) is 4.39 Å². The van der Waals surface area contributed by atoms with Gasteiger partial charge in [0, 0.05) is 0 Å². The van der Waals surface area contributed by atoms with Crippen LogP contribution in [0.5, 0.6) is 0 Å². The average Bonchev–Trinajstić information content (AvgIpc) is 2.15. The fraction of sp³-hybridized carbons (Fsp3) is 0.333. The molecule has 0 aromatic heterocycles. The van der Waals surface area contributed by atoms with Crippen molar-refractivity contribution in [3.8, 4) is 0 Å². The molecule has 84 valence electrons. The quantitative estimate of drug-likeness (QED) is 0.630. The van der Waals surface area contributed by atoms with Crippen LogP contribution in [0.1, 0.15) is 29.6 Å². The largest absolute Gasteiger partial charge is 0.480 e. The molecule has 1 saturated carbocycles. The average molecular weight is 222 g/mol. The number of ketones is 1. The SMILES string of the molecule is O=C(O)C1(C(=O)c2ccccc2F)CCC1. The minimum Gasteiger partial charge on any atom is -0.480 e. The molecule has 1 aliphatic rings. The van der Waals surface area contributed by atoms with Gasteiger partial charge >= 0.3 is 5.97 Å². The Morgan fingerprint density at radius 3 is 2.31 bits per heavy atom. The molecule has 2 rings (SSSR count). The van der Waals surface area contributed by atoms with Crippen molar-refractivity contribution in [1.82, 2.24) is 0 Å². The summed E-state index contributed by atoms with van der Waals surface area (Å²) in [4.78, 5) is 23.1. The van der Waals surface area contributed by atoms with Crippen molar-refractivity contribution in [2.24, 2.45) is 5.41 Å². The zero-order valence-corrected chi connectivity index (χ0v) is 8.57. The van der Waals surface area contributed by atoms with Crippen LogP contribution in [0.15, 0.2) is 24.3 Å². The molecule has 0 bridgehead atoms. The number of rotatable bonds is 3. The van der Waals surface area contributed by atoms with Crippen molar-refractivity contribution in [2.45, 2.75) is 19.3 Å². The Hall–Kier alpha value is -1.71. The van der Waals surface area contributed by atoms with E-state index in [2.05, 4.69) is 0 Å². The molecular formula is C12H11FO3. The molecule has 0 saturated heterocycles. The van der Waals surface area contributed by atoms with Gasteiger partial charge in [0.1, 0.15) is 11.2 Å². The lowest BCUT2D eigenvalue weighted by Crippen LogP contribution is -2.45. The van der Waals surface area contributed by atoms with E-state index in [1.807, 2.05) is 0 Å². The number of carbonyl (C=O) groups excluding carboxylic acids is 1. The van der Waals surface area contributed by atoms with Gasteiger partial charge in [0.15, 0.2) is 5.78 Å². The number of Topliss-reactive ketones (excluding diaryl/α,β-unsaturated/α-hetero) is 1. The molecule has 0 spiro atoms. The van der Waals surface area contributed by atoms with Crippen LogP contribution >= 0.6 is 0 Å². The molecule has 3 nitrogen and oxygen atoms in total. The van der Waals surface area contributed by atoms with Crippen LogP contribution in [0, 0.1) is 11.2 Å². The summed E-state index contributed by atoms with van der Waals surface area (Å²) < 4.78 is 13.4. The first-order valence-corrected chi connectivity index (χ1v) is 5.11. The van der Waals surface area contributed by atoms with Crippen molar-refractivity contribution in [2.75, 3.05) is 0 Å². The van der Waals surface area contributed by atoms with E-state index >= 15 is 0 Å². The summed E-state index contributed by atoms with van der Waals surface area (Å²) in [6, 6.07) is 5.51. The van der Waals surface area contributed by atoms with E-state index in [1.54, 1.807) is 0 Å². The minimum absolute atomic E-state index is 0.121. The van der Waals surface area contributed by atoms with Gasteiger partial charge in [0.2, 0.25) is 0 Å². The smallest absolute Gasteiger partial charge is 0.317 e. The van der Waals surface area contributed by atoms with Crippen LogP contribution in [-0.2, 0) is 4.79 Å². The van der Waals surface area contributed by atoms with Gasteiger partial charge in [-0.3, -0.25) is 9.59 Å². The molecule has 0 amide bonds. The number of benzene rings is 1. The summed E-state index contributed by atoms with van der Waals surface area (Å²) in [5, 5.41) is 9.06. The lowest BCUT2D eigenvalue weighted by Gasteiger charge is -2.35. The van der Waals surface area contributed by atoms with Gasteiger partial charge in [0.05, 0.1) is 5.56 Å². The first kappa shape index (κ1) is 10.8. The van der Waals surface area contributed by atoms with Crippen LogP contribution in [0.25, 0.3) is 0 Å². The summed E-state index contributed by atoms with van der Waals surface area (Å²) in [7, 11) is 0. The Morgan fingerprint density at radius 2 is 1.88 bits per heavy atom. The predicted octanol–water partition coefficient (Wildman–Crippen LogP) is 2.26. The van der Waals surface area contributed by atoms with Crippen molar-refractivity contribution in [3.05, 3.63) is 35.6 Å². The first-order valence-electron chi connectivity index (χ1n) is 5.11. The topological polar surface area (TPSA) is 54.4 Å². The van der Waals surface area contributed by atoms with Gasteiger partial charge in [-0.2, -0.15) is 0 Å². The van der Waals surface area contributed by atoms with Crippen molar-refractivity contribution in [1.29, 1.82) is 0 Å². The van der Waals surface area contributed by atoms with Gasteiger partial charge in [-0.15, -0.1) is 0 Å². The molecule has 0 unspecified atom stereocenters. The Balaban J connectivity index is 2.39. The van der Waals surface area contributed by atoms with Gasteiger partial charge in [-0.1, -0.05) is 18.6 Å². The standard InChI is InChI=1S/C12H11FO3/c13-9-5-2-1-4-8(9)10(14)12(11(15)16)6-3-7-12/h1-2,4-5H,3,6-7H2,(H,15,16). The summed E-state index contributed by atoms with van der Waals surface area (Å²) in [6.07, 6.45) is 1.30. The van der Waals surface area contributed by atoms with Crippen LogP contribution < -0.4 is 0 Å². The number of hydrogen-bond donors (Lipinski definition) is 1. The number of carboxylic acids is 1. The lowest BCUT2D eigenvalue weighted by atomic mass is 9.64.